The minimum atomic E-state index is -0.466. The van der Waals surface area contributed by atoms with Crippen molar-refractivity contribution in [1.29, 1.82) is 0 Å². The van der Waals surface area contributed by atoms with Crippen molar-refractivity contribution in [2.24, 2.45) is 11.7 Å². The average Bonchev–Trinajstić information content (AvgIpc) is 2.92. The molecule has 0 aromatic heterocycles. The van der Waals surface area contributed by atoms with Crippen LogP contribution in [0.1, 0.15) is 26.7 Å². The molecule has 4 nitrogen and oxygen atoms in total. The normalized spacial score (nSPS) is 16.7. The van der Waals surface area contributed by atoms with Crippen molar-refractivity contribution in [2.75, 3.05) is 23.3 Å². The molecule has 104 valence electrons. The minimum Gasteiger partial charge on any atom is -0.370 e. The lowest BCUT2D eigenvalue weighted by molar-refractivity contribution is -0.118. The molecule has 2 rings (SSSR count). The predicted molar refractivity (Wildman–Crippen MR) is 79.3 cm³/mol. The van der Waals surface area contributed by atoms with E-state index in [1.807, 2.05) is 32.0 Å². The molecule has 3 N–H and O–H groups in total. The van der Waals surface area contributed by atoms with Crippen LogP contribution in [-0.2, 0) is 4.79 Å². The lowest BCUT2D eigenvalue weighted by Gasteiger charge is -2.23. The highest BCUT2D eigenvalue weighted by atomic mass is 16.2. The maximum Gasteiger partial charge on any atom is 0.241 e. The number of nitrogens with one attached hydrogen (secondary N) is 1. The number of amides is 1. The van der Waals surface area contributed by atoms with Gasteiger partial charge in [-0.3, -0.25) is 4.79 Å². The number of hydrogen-bond donors (Lipinski definition) is 2. The molecule has 1 aromatic rings. The zero-order chi connectivity index (χ0) is 13.8. The van der Waals surface area contributed by atoms with E-state index in [4.69, 9.17) is 5.73 Å². The van der Waals surface area contributed by atoms with Crippen LogP contribution in [0.2, 0.25) is 0 Å². The monoisotopic (exact) mass is 261 g/mol. The number of para-hydroxylation sites is 2. The Labute approximate surface area is 115 Å². The highest BCUT2D eigenvalue weighted by molar-refractivity contribution is 5.97. The fourth-order valence-electron chi connectivity index (χ4n) is 2.33. The van der Waals surface area contributed by atoms with E-state index < -0.39 is 6.04 Å². The van der Waals surface area contributed by atoms with Crippen LogP contribution in [0, 0.1) is 5.92 Å². The molecular weight excluding hydrogens is 238 g/mol. The summed E-state index contributed by atoms with van der Waals surface area (Å²) in [5.74, 6) is 0.0283. The molecule has 1 fully saturated rings. The van der Waals surface area contributed by atoms with Crippen LogP contribution in [-0.4, -0.2) is 25.0 Å². The quantitative estimate of drug-likeness (QED) is 0.873. The largest absolute Gasteiger partial charge is 0.370 e. The number of carbonyl (C=O) groups is 1. The summed E-state index contributed by atoms with van der Waals surface area (Å²) in [6.07, 6.45) is 2.43. The van der Waals surface area contributed by atoms with E-state index in [1.165, 1.54) is 12.8 Å². The second-order valence-electron chi connectivity index (χ2n) is 5.47. The second-order valence-corrected chi connectivity index (χ2v) is 5.47. The van der Waals surface area contributed by atoms with E-state index >= 15 is 0 Å². The van der Waals surface area contributed by atoms with E-state index in [0.717, 1.165) is 24.5 Å². The molecule has 0 unspecified atom stereocenters. The van der Waals surface area contributed by atoms with Gasteiger partial charge in [0.2, 0.25) is 5.91 Å². The van der Waals surface area contributed by atoms with Gasteiger partial charge in [-0.2, -0.15) is 0 Å². The van der Waals surface area contributed by atoms with E-state index in [0.29, 0.717) is 0 Å². The van der Waals surface area contributed by atoms with Gasteiger partial charge < -0.3 is 16.0 Å². The van der Waals surface area contributed by atoms with Crippen LogP contribution in [0.25, 0.3) is 0 Å². The number of rotatable bonds is 4. The molecule has 1 aliphatic rings. The summed E-state index contributed by atoms with van der Waals surface area (Å²) in [6.45, 7) is 6.03. The molecule has 19 heavy (non-hydrogen) atoms. The van der Waals surface area contributed by atoms with Crippen LogP contribution < -0.4 is 16.0 Å². The van der Waals surface area contributed by atoms with Crippen molar-refractivity contribution < 1.29 is 4.79 Å². The van der Waals surface area contributed by atoms with Gasteiger partial charge in [0, 0.05) is 13.1 Å². The molecule has 1 saturated heterocycles. The smallest absolute Gasteiger partial charge is 0.241 e. The lowest BCUT2D eigenvalue weighted by atomic mass is 10.0. The Hall–Kier alpha value is -1.55. The van der Waals surface area contributed by atoms with Crippen molar-refractivity contribution >= 4 is 17.3 Å². The van der Waals surface area contributed by atoms with Crippen molar-refractivity contribution in [3.63, 3.8) is 0 Å². The van der Waals surface area contributed by atoms with Gasteiger partial charge in [-0.05, 0) is 30.9 Å². The van der Waals surface area contributed by atoms with Gasteiger partial charge in [-0.25, -0.2) is 0 Å². The Morgan fingerprint density at radius 1 is 1.26 bits per heavy atom. The summed E-state index contributed by atoms with van der Waals surface area (Å²) in [6, 6.07) is 7.48. The van der Waals surface area contributed by atoms with E-state index in [2.05, 4.69) is 16.3 Å². The molecule has 1 heterocycles. The zero-order valence-corrected chi connectivity index (χ0v) is 11.7. The molecule has 1 amide bonds. The lowest BCUT2D eigenvalue weighted by Crippen LogP contribution is -2.40. The topological polar surface area (TPSA) is 58.4 Å². The van der Waals surface area contributed by atoms with Crippen molar-refractivity contribution in [3.05, 3.63) is 24.3 Å². The molecule has 1 atom stereocenters. The van der Waals surface area contributed by atoms with Crippen LogP contribution in [0.5, 0.6) is 0 Å². The Morgan fingerprint density at radius 3 is 2.53 bits per heavy atom. The number of hydrogen-bond acceptors (Lipinski definition) is 3. The number of nitrogens with two attached hydrogens (primary N) is 1. The second kappa shape index (κ2) is 6.06. The zero-order valence-electron chi connectivity index (χ0n) is 11.7. The summed E-state index contributed by atoms with van der Waals surface area (Å²) in [7, 11) is 0. The Morgan fingerprint density at radius 2 is 1.89 bits per heavy atom. The Kier molecular flexibility index (Phi) is 4.43. The number of benzene rings is 1. The molecule has 1 aromatic carbocycles. The van der Waals surface area contributed by atoms with Crippen molar-refractivity contribution in [3.8, 4) is 0 Å². The molecule has 0 saturated carbocycles. The first-order valence-electron chi connectivity index (χ1n) is 7.00. The summed E-state index contributed by atoms with van der Waals surface area (Å²) in [5, 5.41) is 2.96. The number of anilines is 2. The van der Waals surface area contributed by atoms with Gasteiger partial charge in [0.1, 0.15) is 0 Å². The summed E-state index contributed by atoms with van der Waals surface area (Å²) >= 11 is 0. The number of carbonyl (C=O) groups excluding carboxylic acids is 1. The molecule has 0 bridgehead atoms. The maximum absolute atomic E-state index is 12.1. The van der Waals surface area contributed by atoms with Crippen LogP contribution in [0.4, 0.5) is 11.4 Å². The van der Waals surface area contributed by atoms with E-state index in [1.54, 1.807) is 0 Å². The van der Waals surface area contributed by atoms with Crippen LogP contribution >= 0.6 is 0 Å². The average molecular weight is 261 g/mol. The van der Waals surface area contributed by atoms with Crippen molar-refractivity contribution in [2.45, 2.75) is 32.7 Å². The van der Waals surface area contributed by atoms with Crippen LogP contribution in [0.3, 0.4) is 0 Å². The fraction of sp³-hybridized carbons (Fsp3) is 0.533. The molecule has 4 heteroatoms. The molecule has 0 spiro atoms. The Balaban J connectivity index is 2.13. The van der Waals surface area contributed by atoms with Crippen LogP contribution in [0.15, 0.2) is 24.3 Å². The maximum atomic E-state index is 12.1. The molecule has 1 aliphatic heterocycles. The first-order chi connectivity index (χ1) is 9.09. The first-order valence-corrected chi connectivity index (χ1v) is 7.00. The van der Waals surface area contributed by atoms with E-state index in [9.17, 15) is 4.79 Å². The SMILES string of the molecule is CC(C)[C@H](N)C(=O)Nc1ccccc1N1CCCC1. The third-order valence-electron chi connectivity index (χ3n) is 3.63. The Bertz CT molecular complexity index is 439. The summed E-state index contributed by atoms with van der Waals surface area (Å²) < 4.78 is 0. The van der Waals surface area contributed by atoms with Gasteiger partial charge in [0.05, 0.1) is 17.4 Å². The van der Waals surface area contributed by atoms with Gasteiger partial charge in [0.15, 0.2) is 0 Å². The van der Waals surface area contributed by atoms with Gasteiger partial charge in [0.25, 0.3) is 0 Å². The molecule has 0 radical (unpaired) electrons. The fourth-order valence-corrected chi connectivity index (χ4v) is 2.33. The third kappa shape index (κ3) is 3.26. The molecule has 0 aliphatic carbocycles. The standard InChI is InChI=1S/C15H23N3O/c1-11(2)14(16)15(19)17-12-7-3-4-8-13(12)18-9-5-6-10-18/h3-4,7-8,11,14H,5-6,9-10,16H2,1-2H3,(H,17,19)/t14-/m0/s1. The van der Waals surface area contributed by atoms with Gasteiger partial charge in [-0.1, -0.05) is 26.0 Å². The minimum absolute atomic E-state index is 0.110. The number of nitrogens with zero attached hydrogens (tertiary/aromatic N) is 1. The van der Waals surface area contributed by atoms with Gasteiger partial charge >= 0.3 is 0 Å². The van der Waals surface area contributed by atoms with Crippen molar-refractivity contribution in [1.82, 2.24) is 0 Å². The highest BCUT2D eigenvalue weighted by Crippen LogP contribution is 2.28. The first kappa shape index (κ1) is 13.9. The predicted octanol–water partition coefficient (Wildman–Crippen LogP) is 2.21. The summed E-state index contributed by atoms with van der Waals surface area (Å²) in [4.78, 5) is 14.4. The summed E-state index contributed by atoms with van der Waals surface area (Å²) in [5.41, 5.74) is 7.85. The molecular formula is C15H23N3O. The third-order valence-corrected chi connectivity index (χ3v) is 3.63. The van der Waals surface area contributed by atoms with Gasteiger partial charge in [-0.15, -0.1) is 0 Å². The highest BCUT2D eigenvalue weighted by Gasteiger charge is 2.20. The van der Waals surface area contributed by atoms with E-state index in [-0.39, 0.29) is 11.8 Å².